The lowest BCUT2D eigenvalue weighted by atomic mass is 10.3. The van der Waals surface area contributed by atoms with E-state index in [1.807, 2.05) is 19.1 Å². The van der Waals surface area contributed by atoms with Crippen molar-refractivity contribution >= 4 is 57.3 Å². The highest BCUT2D eigenvalue weighted by atomic mass is 35.5. The lowest BCUT2D eigenvalue weighted by molar-refractivity contribution is -0.127. The number of aromatic nitrogens is 2. The summed E-state index contributed by atoms with van der Waals surface area (Å²) in [6, 6.07) is 6.72. The van der Waals surface area contributed by atoms with E-state index in [0.717, 1.165) is 12.1 Å². The summed E-state index contributed by atoms with van der Waals surface area (Å²) in [7, 11) is 0. The molecule has 0 spiro atoms. The van der Waals surface area contributed by atoms with Crippen molar-refractivity contribution in [3.05, 3.63) is 29.3 Å². The van der Waals surface area contributed by atoms with Gasteiger partial charge in [-0.25, -0.2) is 0 Å². The van der Waals surface area contributed by atoms with Crippen LogP contribution in [0.4, 0.5) is 10.8 Å². The zero-order valence-electron chi connectivity index (χ0n) is 14.4. The lowest BCUT2D eigenvalue weighted by Crippen LogP contribution is -2.45. The van der Waals surface area contributed by atoms with E-state index in [-0.39, 0.29) is 17.6 Å². The lowest BCUT2D eigenvalue weighted by Gasteiger charge is -2.13. The zero-order valence-corrected chi connectivity index (χ0v) is 16.8. The Kier molecular flexibility index (Phi) is 8.14. The molecular weight excluding hydrogens is 394 g/mol. The van der Waals surface area contributed by atoms with Crippen LogP contribution in [0.1, 0.15) is 20.3 Å². The summed E-state index contributed by atoms with van der Waals surface area (Å²) in [5.74, 6) is -0.250. The molecule has 0 aliphatic heterocycles. The molecule has 2 aromatic rings. The van der Waals surface area contributed by atoms with Crippen LogP contribution in [0.15, 0.2) is 28.6 Å². The SMILES string of the molecule is CCCNC(=O)[C@H](C)NC(=O)CSc1nnc(Nc2cccc(Cl)c2)s1. The molecule has 1 aromatic heterocycles. The molecule has 0 unspecified atom stereocenters. The number of hydrogen-bond donors (Lipinski definition) is 3. The van der Waals surface area contributed by atoms with E-state index in [1.165, 1.54) is 23.1 Å². The van der Waals surface area contributed by atoms with E-state index in [1.54, 1.807) is 19.1 Å². The summed E-state index contributed by atoms with van der Waals surface area (Å²) in [4.78, 5) is 23.7. The first-order chi connectivity index (χ1) is 12.5. The van der Waals surface area contributed by atoms with Crippen molar-refractivity contribution in [3.63, 3.8) is 0 Å². The van der Waals surface area contributed by atoms with Gasteiger partial charge in [0.2, 0.25) is 16.9 Å². The summed E-state index contributed by atoms with van der Waals surface area (Å²) >= 11 is 8.55. The first-order valence-corrected chi connectivity index (χ1v) is 10.2. The van der Waals surface area contributed by atoms with Crippen LogP contribution in [0, 0.1) is 0 Å². The maximum absolute atomic E-state index is 12.0. The van der Waals surface area contributed by atoms with Crippen LogP contribution in [0.2, 0.25) is 5.02 Å². The molecule has 26 heavy (non-hydrogen) atoms. The average Bonchev–Trinajstić information content (AvgIpc) is 3.05. The summed E-state index contributed by atoms with van der Waals surface area (Å²) < 4.78 is 0.660. The first-order valence-electron chi connectivity index (χ1n) is 8.04. The van der Waals surface area contributed by atoms with E-state index >= 15 is 0 Å². The molecule has 0 fully saturated rings. The molecule has 3 N–H and O–H groups in total. The molecule has 140 valence electrons. The minimum atomic E-state index is -0.566. The van der Waals surface area contributed by atoms with Gasteiger partial charge in [-0.15, -0.1) is 10.2 Å². The number of nitrogens with zero attached hydrogens (tertiary/aromatic N) is 2. The molecular formula is C16H20ClN5O2S2. The van der Waals surface area contributed by atoms with Crippen LogP contribution in [-0.2, 0) is 9.59 Å². The topological polar surface area (TPSA) is 96.0 Å². The molecule has 0 aliphatic rings. The maximum Gasteiger partial charge on any atom is 0.242 e. The third kappa shape index (κ3) is 6.81. The molecule has 0 bridgehead atoms. The second-order valence-corrected chi connectivity index (χ2v) is 8.01. The quantitative estimate of drug-likeness (QED) is 0.547. The molecule has 2 rings (SSSR count). The Morgan fingerprint density at radius 1 is 1.35 bits per heavy atom. The number of amides is 2. The summed E-state index contributed by atoms with van der Waals surface area (Å²) in [5.41, 5.74) is 0.815. The van der Waals surface area contributed by atoms with Gasteiger partial charge in [0, 0.05) is 17.3 Å². The second-order valence-electron chi connectivity index (χ2n) is 5.38. The van der Waals surface area contributed by atoms with Crippen LogP contribution in [0.5, 0.6) is 0 Å². The van der Waals surface area contributed by atoms with Crippen molar-refractivity contribution in [2.75, 3.05) is 17.6 Å². The van der Waals surface area contributed by atoms with Crippen molar-refractivity contribution < 1.29 is 9.59 Å². The van der Waals surface area contributed by atoms with Crippen LogP contribution in [0.25, 0.3) is 0 Å². The van der Waals surface area contributed by atoms with Crippen molar-refractivity contribution in [1.82, 2.24) is 20.8 Å². The third-order valence-corrected chi connectivity index (χ3v) is 5.34. The molecule has 1 aromatic carbocycles. The number of anilines is 2. The summed E-state index contributed by atoms with van der Waals surface area (Å²) in [6.07, 6.45) is 0.852. The van der Waals surface area contributed by atoms with Crippen LogP contribution < -0.4 is 16.0 Å². The molecule has 0 saturated carbocycles. The van der Waals surface area contributed by atoms with Crippen molar-refractivity contribution in [2.45, 2.75) is 30.6 Å². The van der Waals surface area contributed by atoms with Crippen LogP contribution >= 0.6 is 34.7 Å². The van der Waals surface area contributed by atoms with Crippen LogP contribution in [0.3, 0.4) is 0 Å². The fourth-order valence-electron chi connectivity index (χ4n) is 1.89. The molecule has 10 heteroatoms. The maximum atomic E-state index is 12.0. The molecule has 0 aliphatic carbocycles. The Morgan fingerprint density at radius 2 is 2.15 bits per heavy atom. The Morgan fingerprint density at radius 3 is 2.88 bits per heavy atom. The number of halogens is 1. The minimum absolute atomic E-state index is 0.164. The highest BCUT2D eigenvalue weighted by molar-refractivity contribution is 8.01. The highest BCUT2D eigenvalue weighted by Gasteiger charge is 2.15. The van der Waals surface area contributed by atoms with Gasteiger partial charge in [-0.2, -0.15) is 0 Å². The largest absolute Gasteiger partial charge is 0.354 e. The van der Waals surface area contributed by atoms with E-state index in [9.17, 15) is 9.59 Å². The van der Waals surface area contributed by atoms with Gasteiger partial charge in [-0.05, 0) is 31.5 Å². The summed E-state index contributed by atoms with van der Waals surface area (Å²) in [6.45, 7) is 4.23. The Labute approximate surface area is 165 Å². The van der Waals surface area contributed by atoms with Gasteiger partial charge in [0.15, 0.2) is 4.34 Å². The first kappa shape index (κ1) is 20.5. The number of thioether (sulfide) groups is 1. The number of carbonyl (C=O) groups excluding carboxylic acids is 2. The number of benzene rings is 1. The predicted octanol–water partition coefficient (Wildman–Crippen LogP) is 3.06. The predicted molar refractivity (Wildman–Crippen MR) is 106 cm³/mol. The van der Waals surface area contributed by atoms with Gasteiger partial charge < -0.3 is 16.0 Å². The molecule has 1 atom stereocenters. The minimum Gasteiger partial charge on any atom is -0.354 e. The smallest absolute Gasteiger partial charge is 0.242 e. The van der Waals surface area contributed by atoms with Crippen LogP contribution in [-0.4, -0.2) is 40.4 Å². The van der Waals surface area contributed by atoms with Gasteiger partial charge in [0.25, 0.3) is 0 Å². The molecule has 0 saturated heterocycles. The van der Waals surface area contributed by atoms with Gasteiger partial charge in [0.05, 0.1) is 5.75 Å². The van der Waals surface area contributed by atoms with E-state index in [4.69, 9.17) is 11.6 Å². The van der Waals surface area contributed by atoms with Gasteiger partial charge in [-0.3, -0.25) is 9.59 Å². The van der Waals surface area contributed by atoms with Gasteiger partial charge in [0.1, 0.15) is 6.04 Å². The number of nitrogens with one attached hydrogen (secondary N) is 3. The zero-order chi connectivity index (χ0) is 18.9. The highest BCUT2D eigenvalue weighted by Crippen LogP contribution is 2.28. The number of hydrogen-bond acceptors (Lipinski definition) is 7. The van der Waals surface area contributed by atoms with Crippen molar-refractivity contribution in [3.8, 4) is 0 Å². The van der Waals surface area contributed by atoms with Gasteiger partial charge in [-0.1, -0.05) is 47.7 Å². The van der Waals surface area contributed by atoms with E-state index < -0.39 is 6.04 Å². The third-order valence-electron chi connectivity index (χ3n) is 3.13. The van der Waals surface area contributed by atoms with E-state index in [0.29, 0.717) is 21.0 Å². The van der Waals surface area contributed by atoms with Crippen molar-refractivity contribution in [2.24, 2.45) is 0 Å². The van der Waals surface area contributed by atoms with Gasteiger partial charge >= 0.3 is 0 Å². The number of carbonyl (C=O) groups is 2. The normalized spacial score (nSPS) is 11.7. The standard InChI is InChI=1S/C16H20ClN5O2S2/c1-3-7-18-14(24)10(2)19-13(23)9-25-16-22-21-15(26-16)20-12-6-4-5-11(17)8-12/h4-6,8,10H,3,7,9H2,1-2H3,(H,18,24)(H,19,23)(H,20,21)/t10-/m0/s1. The average molecular weight is 414 g/mol. The Hall–Kier alpha value is -1.84. The Bertz CT molecular complexity index is 756. The molecule has 1 heterocycles. The second kappa shape index (κ2) is 10.3. The summed E-state index contributed by atoms with van der Waals surface area (Å²) in [5, 5.41) is 17.8. The fraction of sp³-hybridized carbons (Fsp3) is 0.375. The fourth-order valence-corrected chi connectivity index (χ4v) is 3.66. The molecule has 7 nitrogen and oxygen atoms in total. The molecule has 2 amide bonds. The Balaban J connectivity index is 1.78. The van der Waals surface area contributed by atoms with E-state index in [2.05, 4.69) is 26.1 Å². The number of rotatable bonds is 9. The molecule has 0 radical (unpaired) electrons. The monoisotopic (exact) mass is 413 g/mol. The van der Waals surface area contributed by atoms with Crippen molar-refractivity contribution in [1.29, 1.82) is 0 Å².